The minimum absolute atomic E-state index is 0.214. The van der Waals surface area contributed by atoms with Gasteiger partial charge in [-0.1, -0.05) is 49.9 Å². The van der Waals surface area contributed by atoms with Crippen molar-refractivity contribution >= 4 is 29.2 Å². The Kier molecular flexibility index (Phi) is 4.43. The van der Waals surface area contributed by atoms with Gasteiger partial charge < -0.3 is 5.32 Å². The zero-order valence-corrected chi connectivity index (χ0v) is 11.6. The summed E-state index contributed by atoms with van der Waals surface area (Å²) >= 11 is 6.04. The number of imide groups is 1. The molecule has 2 rings (SSSR count). The molecule has 0 aromatic heterocycles. The molecule has 1 aromatic rings. The summed E-state index contributed by atoms with van der Waals surface area (Å²) in [5, 5.41) is 3.12. The van der Waals surface area contributed by atoms with Crippen molar-refractivity contribution in [2.45, 2.75) is 38.6 Å². The highest BCUT2D eigenvalue weighted by atomic mass is 35.5. The van der Waals surface area contributed by atoms with E-state index in [1.807, 2.05) is 0 Å². The molecule has 1 heterocycles. The smallest absolute Gasteiger partial charge is 0.325 e. The van der Waals surface area contributed by atoms with E-state index in [-0.39, 0.29) is 11.9 Å². The van der Waals surface area contributed by atoms with Gasteiger partial charge in [-0.3, -0.25) is 4.79 Å². The van der Waals surface area contributed by atoms with E-state index in [1.54, 1.807) is 24.3 Å². The summed E-state index contributed by atoms with van der Waals surface area (Å²) in [4.78, 5) is 25.3. The van der Waals surface area contributed by atoms with Crippen molar-refractivity contribution in [1.82, 2.24) is 5.32 Å². The minimum Gasteiger partial charge on any atom is -0.325 e. The Hall–Kier alpha value is -1.55. The molecule has 0 spiro atoms. The lowest BCUT2D eigenvalue weighted by Gasteiger charge is -2.14. The Morgan fingerprint density at radius 3 is 2.68 bits per heavy atom. The summed E-state index contributed by atoms with van der Waals surface area (Å²) in [6.07, 6.45) is 3.76. The van der Waals surface area contributed by atoms with Crippen LogP contribution in [-0.2, 0) is 4.79 Å². The highest BCUT2D eigenvalue weighted by Crippen LogP contribution is 2.28. The average Bonchev–Trinajstić information content (AvgIpc) is 2.66. The SMILES string of the molecule is CCCCCC1NC(=O)N(c2ccccc2Cl)C1=O. The number of rotatable bonds is 5. The van der Waals surface area contributed by atoms with Crippen LogP contribution in [-0.4, -0.2) is 18.0 Å². The Balaban J connectivity index is 2.13. The summed E-state index contributed by atoms with van der Waals surface area (Å²) in [5.74, 6) is -0.214. The second-order valence-corrected chi connectivity index (χ2v) is 5.03. The topological polar surface area (TPSA) is 49.4 Å². The largest absolute Gasteiger partial charge is 0.329 e. The third kappa shape index (κ3) is 2.89. The van der Waals surface area contributed by atoms with Crippen molar-refractivity contribution in [2.24, 2.45) is 0 Å². The fraction of sp³-hybridized carbons (Fsp3) is 0.429. The number of hydrogen-bond acceptors (Lipinski definition) is 2. The van der Waals surface area contributed by atoms with Crippen LogP contribution >= 0.6 is 11.6 Å². The van der Waals surface area contributed by atoms with Gasteiger partial charge >= 0.3 is 6.03 Å². The first-order chi connectivity index (χ1) is 9.15. The predicted molar refractivity (Wildman–Crippen MR) is 75.4 cm³/mol. The summed E-state index contributed by atoms with van der Waals surface area (Å²) in [5.41, 5.74) is 0.449. The minimum atomic E-state index is -0.421. The fourth-order valence-electron chi connectivity index (χ4n) is 2.19. The van der Waals surface area contributed by atoms with E-state index in [9.17, 15) is 9.59 Å². The molecule has 1 aromatic carbocycles. The number of carbonyl (C=O) groups excluding carboxylic acids is 2. The van der Waals surface area contributed by atoms with E-state index < -0.39 is 6.04 Å². The van der Waals surface area contributed by atoms with Gasteiger partial charge in [0.05, 0.1) is 10.7 Å². The lowest BCUT2D eigenvalue weighted by Crippen LogP contribution is -2.31. The molecule has 0 bridgehead atoms. The second kappa shape index (κ2) is 6.06. The second-order valence-electron chi connectivity index (χ2n) is 4.62. The van der Waals surface area contributed by atoms with Gasteiger partial charge in [0.25, 0.3) is 5.91 Å². The molecule has 0 saturated carbocycles. The maximum Gasteiger partial charge on any atom is 0.329 e. The molecule has 19 heavy (non-hydrogen) atoms. The third-order valence-corrected chi connectivity index (χ3v) is 3.53. The molecule has 5 heteroatoms. The van der Waals surface area contributed by atoms with Gasteiger partial charge in [-0.25, -0.2) is 9.69 Å². The molecule has 1 atom stereocenters. The Bertz CT molecular complexity index is 490. The van der Waals surface area contributed by atoms with E-state index in [4.69, 9.17) is 11.6 Å². The standard InChI is InChI=1S/C14H17ClN2O2/c1-2-3-4-8-11-13(18)17(14(19)16-11)12-9-6-5-7-10(12)15/h5-7,9,11H,2-4,8H2,1H3,(H,16,19). The van der Waals surface area contributed by atoms with Gasteiger partial charge in [0.1, 0.15) is 6.04 Å². The molecule has 102 valence electrons. The number of hydrogen-bond donors (Lipinski definition) is 1. The summed E-state index contributed by atoms with van der Waals surface area (Å²) in [6, 6.07) is 6.06. The summed E-state index contributed by atoms with van der Waals surface area (Å²) < 4.78 is 0. The monoisotopic (exact) mass is 280 g/mol. The molecule has 1 unspecified atom stereocenters. The van der Waals surface area contributed by atoms with Crippen molar-refractivity contribution in [2.75, 3.05) is 4.90 Å². The Labute approximate surface area is 117 Å². The van der Waals surface area contributed by atoms with Crippen LogP contribution in [0.5, 0.6) is 0 Å². The van der Waals surface area contributed by atoms with Crippen molar-refractivity contribution in [1.29, 1.82) is 0 Å². The third-order valence-electron chi connectivity index (χ3n) is 3.21. The molecule has 1 fully saturated rings. The molecule has 1 aliphatic rings. The number of unbranched alkanes of at least 4 members (excludes halogenated alkanes) is 2. The van der Waals surface area contributed by atoms with Crippen molar-refractivity contribution in [3.8, 4) is 0 Å². The maximum absolute atomic E-state index is 12.2. The van der Waals surface area contributed by atoms with E-state index >= 15 is 0 Å². The Morgan fingerprint density at radius 1 is 1.26 bits per heavy atom. The van der Waals surface area contributed by atoms with Crippen molar-refractivity contribution in [3.05, 3.63) is 29.3 Å². The first-order valence-electron chi connectivity index (χ1n) is 6.54. The number of carbonyl (C=O) groups is 2. The van der Waals surface area contributed by atoms with E-state index in [2.05, 4.69) is 12.2 Å². The zero-order chi connectivity index (χ0) is 13.8. The highest BCUT2D eigenvalue weighted by Gasteiger charge is 2.39. The number of para-hydroxylation sites is 1. The molecule has 4 nitrogen and oxygen atoms in total. The number of nitrogens with zero attached hydrogens (tertiary/aromatic N) is 1. The zero-order valence-electron chi connectivity index (χ0n) is 10.9. The van der Waals surface area contributed by atoms with Crippen LogP contribution in [0.2, 0.25) is 5.02 Å². The molecule has 1 saturated heterocycles. The first kappa shape index (κ1) is 13.9. The molecule has 1 aliphatic heterocycles. The van der Waals surface area contributed by atoms with E-state index in [0.29, 0.717) is 17.1 Å². The lowest BCUT2D eigenvalue weighted by molar-refractivity contribution is -0.118. The van der Waals surface area contributed by atoms with E-state index in [0.717, 1.165) is 24.2 Å². The van der Waals surface area contributed by atoms with Gasteiger partial charge in [0.2, 0.25) is 0 Å². The summed E-state index contributed by atoms with van der Waals surface area (Å²) in [6.45, 7) is 2.10. The average molecular weight is 281 g/mol. The van der Waals surface area contributed by atoms with Crippen molar-refractivity contribution < 1.29 is 9.59 Å². The van der Waals surface area contributed by atoms with Crippen molar-refractivity contribution in [3.63, 3.8) is 0 Å². The first-order valence-corrected chi connectivity index (χ1v) is 6.92. The number of urea groups is 1. The maximum atomic E-state index is 12.2. The molecule has 3 amide bonds. The molecule has 0 radical (unpaired) electrons. The van der Waals surface area contributed by atoms with Gasteiger partial charge in [-0.05, 0) is 18.6 Å². The van der Waals surface area contributed by atoms with Crippen LogP contribution < -0.4 is 10.2 Å². The summed E-state index contributed by atoms with van der Waals surface area (Å²) in [7, 11) is 0. The number of amides is 3. The van der Waals surface area contributed by atoms with Crippen LogP contribution in [0.15, 0.2) is 24.3 Å². The van der Waals surface area contributed by atoms with Crippen LogP contribution in [0.4, 0.5) is 10.5 Å². The number of benzene rings is 1. The van der Waals surface area contributed by atoms with Crippen LogP contribution in [0.1, 0.15) is 32.6 Å². The quantitative estimate of drug-likeness (QED) is 0.664. The molecule has 1 N–H and O–H groups in total. The fourth-order valence-corrected chi connectivity index (χ4v) is 2.41. The van der Waals surface area contributed by atoms with Crippen LogP contribution in [0.25, 0.3) is 0 Å². The van der Waals surface area contributed by atoms with Gasteiger partial charge in [0.15, 0.2) is 0 Å². The molecular formula is C14H17ClN2O2. The van der Waals surface area contributed by atoms with Gasteiger partial charge in [-0.15, -0.1) is 0 Å². The van der Waals surface area contributed by atoms with Crippen LogP contribution in [0, 0.1) is 0 Å². The Morgan fingerprint density at radius 2 is 2.00 bits per heavy atom. The molecular weight excluding hydrogens is 264 g/mol. The van der Waals surface area contributed by atoms with Crippen LogP contribution in [0.3, 0.4) is 0 Å². The highest BCUT2D eigenvalue weighted by molar-refractivity contribution is 6.35. The lowest BCUT2D eigenvalue weighted by atomic mass is 10.1. The number of nitrogens with one attached hydrogen (secondary N) is 1. The normalized spacial score (nSPS) is 18.8. The number of anilines is 1. The van der Waals surface area contributed by atoms with E-state index in [1.165, 1.54) is 0 Å². The van der Waals surface area contributed by atoms with Gasteiger partial charge in [0, 0.05) is 0 Å². The molecule has 0 aliphatic carbocycles. The predicted octanol–water partition coefficient (Wildman–Crippen LogP) is 3.35. The number of halogens is 1. The van der Waals surface area contributed by atoms with Gasteiger partial charge in [-0.2, -0.15) is 0 Å².